The summed E-state index contributed by atoms with van der Waals surface area (Å²) in [5.74, 6) is -0.497. The van der Waals surface area contributed by atoms with Gasteiger partial charge in [-0.05, 0) is 25.5 Å². The topological polar surface area (TPSA) is 41.9 Å². The van der Waals surface area contributed by atoms with E-state index in [1.165, 1.54) is 0 Å². The minimum absolute atomic E-state index is 0.351. The molecule has 0 saturated carbocycles. The summed E-state index contributed by atoms with van der Waals surface area (Å²) in [5.41, 5.74) is 0.983. The molecule has 0 unspecified atom stereocenters. The molecule has 0 spiro atoms. The third kappa shape index (κ3) is 3.38. The Morgan fingerprint density at radius 1 is 1.30 bits per heavy atom. The number of aliphatic hydroxyl groups excluding tert-OH is 1. The molecule has 1 aliphatic heterocycles. The molecule has 4 heteroatoms. The Balaban J connectivity index is 1.95. The third-order valence-electron chi connectivity index (χ3n) is 4.40. The average molecular weight is 279 g/mol. The van der Waals surface area contributed by atoms with Gasteiger partial charge >= 0.3 is 0 Å². The van der Waals surface area contributed by atoms with Gasteiger partial charge in [-0.1, -0.05) is 30.3 Å². The van der Waals surface area contributed by atoms with Crippen molar-refractivity contribution in [3.05, 3.63) is 35.9 Å². The Kier molecular flexibility index (Phi) is 5.16. The quantitative estimate of drug-likeness (QED) is 0.839. The lowest BCUT2D eigenvalue weighted by Crippen LogP contribution is -2.53. The van der Waals surface area contributed by atoms with Crippen molar-refractivity contribution in [3.8, 4) is 0 Å². The normalized spacial score (nSPS) is 24.5. The van der Waals surface area contributed by atoms with Gasteiger partial charge in [-0.15, -0.1) is 0 Å². The fraction of sp³-hybridized carbons (Fsp3) is 0.625. The van der Waals surface area contributed by atoms with Crippen molar-refractivity contribution in [2.75, 3.05) is 27.8 Å². The van der Waals surface area contributed by atoms with Crippen LogP contribution >= 0.6 is 0 Å². The van der Waals surface area contributed by atoms with E-state index >= 15 is 0 Å². The summed E-state index contributed by atoms with van der Waals surface area (Å²) in [6, 6.07) is 10.2. The van der Waals surface area contributed by atoms with E-state index in [0.29, 0.717) is 6.04 Å². The molecule has 1 N–H and O–H groups in total. The fourth-order valence-corrected chi connectivity index (χ4v) is 2.98. The number of aliphatic hydroxyl groups is 1. The lowest BCUT2D eigenvalue weighted by Gasteiger charge is -2.44. The van der Waals surface area contributed by atoms with Crippen LogP contribution in [0.3, 0.4) is 0 Å². The number of rotatable bonds is 5. The van der Waals surface area contributed by atoms with E-state index < -0.39 is 11.9 Å². The summed E-state index contributed by atoms with van der Waals surface area (Å²) >= 11 is 0. The molecule has 0 amide bonds. The highest BCUT2D eigenvalue weighted by Gasteiger charge is 2.39. The first-order chi connectivity index (χ1) is 9.60. The molecule has 0 radical (unpaired) electrons. The lowest BCUT2D eigenvalue weighted by molar-refractivity contribution is -0.237. The predicted octanol–water partition coefficient (Wildman–Crippen LogP) is 2.19. The Morgan fingerprint density at radius 2 is 1.95 bits per heavy atom. The van der Waals surface area contributed by atoms with Crippen molar-refractivity contribution in [2.24, 2.45) is 0 Å². The number of methoxy groups -OCH3 is 2. The van der Waals surface area contributed by atoms with Gasteiger partial charge in [0.25, 0.3) is 0 Å². The van der Waals surface area contributed by atoms with Crippen molar-refractivity contribution in [2.45, 2.75) is 37.2 Å². The van der Waals surface area contributed by atoms with E-state index in [1.807, 2.05) is 30.3 Å². The van der Waals surface area contributed by atoms with Gasteiger partial charge in [-0.25, -0.2) is 0 Å². The first kappa shape index (κ1) is 15.4. The molecule has 4 nitrogen and oxygen atoms in total. The van der Waals surface area contributed by atoms with Gasteiger partial charge in [0.05, 0.1) is 12.6 Å². The number of nitrogens with zero attached hydrogens (tertiary/aromatic N) is 1. The van der Waals surface area contributed by atoms with Gasteiger partial charge in [0.15, 0.2) is 5.79 Å². The van der Waals surface area contributed by atoms with Crippen molar-refractivity contribution < 1.29 is 14.6 Å². The molecule has 0 aromatic heterocycles. The highest BCUT2D eigenvalue weighted by atomic mass is 16.7. The molecule has 2 rings (SSSR count). The number of likely N-dealkylation sites (N-methyl/N-ethyl adjacent to an activating group) is 1. The summed E-state index contributed by atoms with van der Waals surface area (Å²) in [5, 5.41) is 10.3. The molecule has 1 fully saturated rings. The smallest absolute Gasteiger partial charge is 0.180 e. The first-order valence-electron chi connectivity index (χ1n) is 7.14. The number of hydrogen-bond donors (Lipinski definition) is 1. The van der Waals surface area contributed by atoms with Crippen LogP contribution in [0.5, 0.6) is 0 Å². The zero-order valence-corrected chi connectivity index (χ0v) is 12.6. The lowest BCUT2D eigenvalue weighted by atomic mass is 9.92. The summed E-state index contributed by atoms with van der Waals surface area (Å²) in [7, 11) is 5.45. The second-order valence-electron chi connectivity index (χ2n) is 5.59. The van der Waals surface area contributed by atoms with Crippen molar-refractivity contribution in [1.82, 2.24) is 4.90 Å². The maximum absolute atomic E-state index is 10.3. The molecule has 0 aliphatic carbocycles. The average Bonchev–Trinajstić information content (AvgIpc) is 2.50. The zero-order valence-electron chi connectivity index (χ0n) is 12.6. The second kappa shape index (κ2) is 6.68. The largest absolute Gasteiger partial charge is 0.388 e. The number of piperidine rings is 1. The molecule has 1 aromatic carbocycles. The number of likely N-dealkylation sites (tertiary alicyclic amines) is 1. The van der Waals surface area contributed by atoms with E-state index in [4.69, 9.17) is 9.47 Å². The molecule has 1 saturated heterocycles. The van der Waals surface area contributed by atoms with Crippen LogP contribution in [0, 0.1) is 0 Å². The molecule has 1 heterocycles. The fourth-order valence-electron chi connectivity index (χ4n) is 2.98. The van der Waals surface area contributed by atoms with Crippen molar-refractivity contribution in [1.29, 1.82) is 0 Å². The van der Waals surface area contributed by atoms with E-state index in [0.717, 1.165) is 31.4 Å². The Morgan fingerprint density at radius 3 is 2.50 bits per heavy atom. The molecule has 20 heavy (non-hydrogen) atoms. The zero-order chi connectivity index (χ0) is 14.6. The van der Waals surface area contributed by atoms with Crippen LogP contribution in [0.2, 0.25) is 0 Å². The molecule has 2 atom stereocenters. The van der Waals surface area contributed by atoms with Crippen LogP contribution in [0.4, 0.5) is 0 Å². The molecule has 1 aromatic rings. The van der Waals surface area contributed by atoms with Gasteiger partial charge in [0, 0.05) is 26.7 Å². The second-order valence-corrected chi connectivity index (χ2v) is 5.59. The molecular weight excluding hydrogens is 254 g/mol. The van der Waals surface area contributed by atoms with E-state index in [1.54, 1.807) is 14.2 Å². The summed E-state index contributed by atoms with van der Waals surface area (Å²) in [6.07, 6.45) is 2.14. The highest BCUT2D eigenvalue weighted by molar-refractivity contribution is 5.17. The number of benzene rings is 1. The van der Waals surface area contributed by atoms with E-state index in [-0.39, 0.29) is 0 Å². The van der Waals surface area contributed by atoms with Crippen LogP contribution in [-0.4, -0.2) is 49.6 Å². The minimum Gasteiger partial charge on any atom is -0.388 e. The van der Waals surface area contributed by atoms with Crippen molar-refractivity contribution >= 4 is 0 Å². The highest BCUT2D eigenvalue weighted by Crippen LogP contribution is 2.32. The van der Waals surface area contributed by atoms with Crippen molar-refractivity contribution in [3.63, 3.8) is 0 Å². The third-order valence-corrected chi connectivity index (χ3v) is 4.40. The van der Waals surface area contributed by atoms with Crippen LogP contribution in [0.25, 0.3) is 0 Å². The minimum atomic E-state index is -0.497. The Bertz CT molecular complexity index is 405. The SMILES string of the molecule is COC1(OC)CC[C@H](C[C@@H](O)c2ccccc2)N(C)C1. The number of ether oxygens (including phenoxy) is 2. The summed E-state index contributed by atoms with van der Waals surface area (Å²) in [6.45, 7) is 0.728. The predicted molar refractivity (Wildman–Crippen MR) is 78.4 cm³/mol. The van der Waals surface area contributed by atoms with Crippen LogP contribution in [0.1, 0.15) is 30.9 Å². The summed E-state index contributed by atoms with van der Waals surface area (Å²) < 4.78 is 11.0. The maximum atomic E-state index is 10.3. The Labute approximate surface area is 121 Å². The van der Waals surface area contributed by atoms with E-state index in [9.17, 15) is 5.11 Å². The van der Waals surface area contributed by atoms with Gasteiger partial charge in [0.1, 0.15) is 0 Å². The molecule has 1 aliphatic rings. The molecule has 112 valence electrons. The molecular formula is C16H25NO3. The number of hydrogen-bond acceptors (Lipinski definition) is 4. The van der Waals surface area contributed by atoms with Gasteiger partial charge in [-0.2, -0.15) is 0 Å². The first-order valence-corrected chi connectivity index (χ1v) is 7.14. The Hall–Kier alpha value is -0.940. The molecule has 0 bridgehead atoms. The standard InChI is InChI=1S/C16H25NO3/c1-17-12-16(19-2,20-3)10-9-14(17)11-15(18)13-7-5-4-6-8-13/h4-8,14-15,18H,9-12H2,1-3H3/t14-,15-/m1/s1. The van der Waals surface area contributed by atoms with Crippen LogP contribution in [-0.2, 0) is 9.47 Å². The van der Waals surface area contributed by atoms with Crippen LogP contribution < -0.4 is 0 Å². The monoisotopic (exact) mass is 279 g/mol. The van der Waals surface area contributed by atoms with E-state index in [2.05, 4.69) is 11.9 Å². The van der Waals surface area contributed by atoms with Gasteiger partial charge in [0.2, 0.25) is 0 Å². The van der Waals surface area contributed by atoms with Gasteiger partial charge in [-0.3, -0.25) is 4.90 Å². The van der Waals surface area contributed by atoms with Crippen LogP contribution in [0.15, 0.2) is 30.3 Å². The summed E-state index contributed by atoms with van der Waals surface area (Å²) in [4.78, 5) is 2.22. The maximum Gasteiger partial charge on any atom is 0.180 e. The van der Waals surface area contributed by atoms with Gasteiger partial charge < -0.3 is 14.6 Å².